The first-order chi connectivity index (χ1) is 10.1. The minimum Gasteiger partial charge on any atom is -0.508 e. The van der Waals surface area contributed by atoms with Gasteiger partial charge in [-0.2, -0.15) is 0 Å². The van der Waals surface area contributed by atoms with Gasteiger partial charge in [-0.1, -0.05) is 0 Å². The molecular formula is C16H20N2O3. The van der Waals surface area contributed by atoms with Crippen molar-refractivity contribution in [3.8, 4) is 11.5 Å². The van der Waals surface area contributed by atoms with Gasteiger partial charge in [0, 0.05) is 31.1 Å². The van der Waals surface area contributed by atoms with E-state index >= 15 is 0 Å². The van der Waals surface area contributed by atoms with Crippen molar-refractivity contribution in [1.82, 2.24) is 0 Å². The first-order valence-electron chi connectivity index (χ1n) is 6.72. The van der Waals surface area contributed by atoms with Crippen molar-refractivity contribution >= 4 is 17.1 Å². The molecule has 2 aromatic rings. The highest BCUT2D eigenvalue weighted by Crippen LogP contribution is 2.33. The highest BCUT2D eigenvalue weighted by atomic mass is 16.5. The molecule has 5 nitrogen and oxygen atoms in total. The number of benzene rings is 2. The number of ether oxygens (including phenoxy) is 1. The van der Waals surface area contributed by atoms with Crippen LogP contribution in [0.3, 0.4) is 0 Å². The van der Waals surface area contributed by atoms with E-state index in [1.165, 1.54) is 6.07 Å². The molecule has 0 bridgehead atoms. The fraction of sp³-hybridized carbons (Fsp3) is 0.250. The second kappa shape index (κ2) is 6.85. The summed E-state index contributed by atoms with van der Waals surface area (Å²) in [6.45, 7) is 3.19. The van der Waals surface area contributed by atoms with Crippen LogP contribution in [0.1, 0.15) is 5.56 Å². The molecule has 2 rings (SSSR count). The summed E-state index contributed by atoms with van der Waals surface area (Å²) in [5, 5.41) is 25.7. The van der Waals surface area contributed by atoms with Crippen LogP contribution in [0, 0.1) is 6.92 Å². The molecule has 0 aromatic heterocycles. The smallest absolute Gasteiger partial charge is 0.142 e. The summed E-state index contributed by atoms with van der Waals surface area (Å²) in [6, 6.07) is 10.8. The lowest BCUT2D eigenvalue weighted by Crippen LogP contribution is -2.07. The van der Waals surface area contributed by atoms with E-state index in [0.29, 0.717) is 17.9 Å². The maximum absolute atomic E-state index is 9.83. The summed E-state index contributed by atoms with van der Waals surface area (Å²) in [5.41, 5.74) is 3.12. The Hall–Kier alpha value is -2.40. The molecule has 0 spiro atoms. The van der Waals surface area contributed by atoms with Gasteiger partial charge in [0.1, 0.15) is 11.5 Å². The van der Waals surface area contributed by atoms with E-state index in [4.69, 9.17) is 4.74 Å². The number of hydrogen-bond donors (Lipinski definition) is 4. The maximum Gasteiger partial charge on any atom is 0.142 e. The first kappa shape index (κ1) is 15.0. The molecular weight excluding hydrogens is 268 g/mol. The zero-order valence-corrected chi connectivity index (χ0v) is 12.2. The van der Waals surface area contributed by atoms with Crippen LogP contribution in [0.4, 0.5) is 17.1 Å². The topological polar surface area (TPSA) is 73.8 Å². The number of anilines is 3. The average Bonchev–Trinajstić information content (AvgIpc) is 2.47. The highest BCUT2D eigenvalue weighted by molar-refractivity contribution is 5.69. The number of phenolic OH excluding ortho intramolecular Hbond substituents is 2. The fourth-order valence-corrected chi connectivity index (χ4v) is 1.91. The number of methoxy groups -OCH3 is 1. The number of aryl methyl sites for hydroxylation is 1. The molecule has 0 aliphatic carbocycles. The quantitative estimate of drug-likeness (QED) is 0.373. The molecule has 5 heteroatoms. The summed E-state index contributed by atoms with van der Waals surface area (Å²) < 4.78 is 4.98. The van der Waals surface area contributed by atoms with Crippen molar-refractivity contribution < 1.29 is 14.9 Å². The van der Waals surface area contributed by atoms with E-state index in [2.05, 4.69) is 10.6 Å². The molecule has 0 fully saturated rings. The molecule has 0 aliphatic rings. The molecule has 21 heavy (non-hydrogen) atoms. The molecule has 0 aliphatic heterocycles. The third-order valence-corrected chi connectivity index (χ3v) is 3.11. The van der Waals surface area contributed by atoms with Gasteiger partial charge in [0.25, 0.3) is 0 Å². The summed E-state index contributed by atoms with van der Waals surface area (Å²) >= 11 is 0. The van der Waals surface area contributed by atoms with Gasteiger partial charge in [-0.25, -0.2) is 0 Å². The molecule has 0 amide bonds. The summed E-state index contributed by atoms with van der Waals surface area (Å²) in [5.74, 6) is 0.0936. The maximum atomic E-state index is 9.83. The SMILES string of the molecule is COCCNc1ccc(Nc2cc(C)c(O)cc2O)cc1. The standard InChI is InChI=1S/C16H20N2O3/c1-11-9-14(16(20)10-15(11)19)18-13-5-3-12(4-6-13)17-7-8-21-2/h3-6,9-10,17-20H,7-8H2,1-2H3. The normalized spacial score (nSPS) is 10.4. The number of aromatic hydroxyl groups is 2. The minimum absolute atomic E-state index is 0.0143. The Labute approximate surface area is 124 Å². The van der Waals surface area contributed by atoms with E-state index in [9.17, 15) is 10.2 Å². The van der Waals surface area contributed by atoms with E-state index in [0.717, 1.165) is 17.9 Å². The van der Waals surface area contributed by atoms with Crippen LogP contribution >= 0.6 is 0 Å². The van der Waals surface area contributed by atoms with Gasteiger partial charge in [-0.05, 0) is 42.8 Å². The molecule has 0 radical (unpaired) electrons. The fourth-order valence-electron chi connectivity index (χ4n) is 1.91. The van der Waals surface area contributed by atoms with Crippen LogP contribution in [0.15, 0.2) is 36.4 Å². The third kappa shape index (κ3) is 4.03. The molecule has 0 unspecified atom stereocenters. The predicted molar refractivity (Wildman–Crippen MR) is 84.6 cm³/mol. The molecule has 4 N–H and O–H groups in total. The predicted octanol–water partition coefficient (Wildman–Crippen LogP) is 3.21. The highest BCUT2D eigenvalue weighted by Gasteiger charge is 2.06. The Bertz CT molecular complexity index is 597. The van der Waals surface area contributed by atoms with Crippen LogP contribution in [-0.2, 0) is 4.74 Å². The van der Waals surface area contributed by atoms with Crippen LogP contribution in [0.2, 0.25) is 0 Å². The van der Waals surface area contributed by atoms with Crippen LogP contribution < -0.4 is 10.6 Å². The minimum atomic E-state index is 0.0143. The Kier molecular flexibility index (Phi) is 4.90. The largest absolute Gasteiger partial charge is 0.508 e. The summed E-state index contributed by atoms with van der Waals surface area (Å²) in [7, 11) is 1.67. The lowest BCUT2D eigenvalue weighted by molar-refractivity contribution is 0.211. The molecule has 0 saturated carbocycles. The van der Waals surface area contributed by atoms with Gasteiger partial charge in [0.2, 0.25) is 0 Å². The first-order valence-corrected chi connectivity index (χ1v) is 6.72. The van der Waals surface area contributed by atoms with Gasteiger partial charge < -0.3 is 25.6 Å². The molecule has 0 atom stereocenters. The lowest BCUT2D eigenvalue weighted by atomic mass is 10.1. The zero-order valence-electron chi connectivity index (χ0n) is 12.2. The van der Waals surface area contributed by atoms with Crippen molar-refractivity contribution in [1.29, 1.82) is 0 Å². The van der Waals surface area contributed by atoms with E-state index in [-0.39, 0.29) is 11.5 Å². The average molecular weight is 288 g/mol. The van der Waals surface area contributed by atoms with E-state index < -0.39 is 0 Å². The van der Waals surface area contributed by atoms with E-state index in [1.54, 1.807) is 20.1 Å². The molecule has 112 valence electrons. The van der Waals surface area contributed by atoms with Crippen molar-refractivity contribution in [2.24, 2.45) is 0 Å². The molecule has 2 aromatic carbocycles. The van der Waals surface area contributed by atoms with Gasteiger partial charge in [-0.15, -0.1) is 0 Å². The zero-order chi connectivity index (χ0) is 15.2. The monoisotopic (exact) mass is 288 g/mol. The third-order valence-electron chi connectivity index (χ3n) is 3.11. The van der Waals surface area contributed by atoms with Crippen LogP contribution in [-0.4, -0.2) is 30.5 Å². The number of nitrogens with one attached hydrogen (secondary N) is 2. The van der Waals surface area contributed by atoms with Crippen LogP contribution in [0.5, 0.6) is 11.5 Å². The van der Waals surface area contributed by atoms with Crippen molar-refractivity contribution in [3.05, 3.63) is 42.0 Å². The van der Waals surface area contributed by atoms with Gasteiger partial charge >= 0.3 is 0 Å². The molecule has 0 heterocycles. The number of phenols is 2. The lowest BCUT2D eigenvalue weighted by Gasteiger charge is -2.11. The van der Waals surface area contributed by atoms with Crippen molar-refractivity contribution in [3.63, 3.8) is 0 Å². The van der Waals surface area contributed by atoms with Crippen molar-refractivity contribution in [2.75, 3.05) is 30.9 Å². The Morgan fingerprint density at radius 2 is 1.67 bits per heavy atom. The van der Waals surface area contributed by atoms with Gasteiger partial charge in [0.15, 0.2) is 0 Å². The Balaban J connectivity index is 2.05. The molecule has 0 saturated heterocycles. The number of hydrogen-bond acceptors (Lipinski definition) is 5. The Morgan fingerprint density at radius 3 is 2.33 bits per heavy atom. The summed E-state index contributed by atoms with van der Waals surface area (Å²) in [6.07, 6.45) is 0. The Morgan fingerprint density at radius 1 is 1.00 bits per heavy atom. The number of rotatable bonds is 6. The second-order valence-electron chi connectivity index (χ2n) is 4.78. The van der Waals surface area contributed by atoms with E-state index in [1.807, 2.05) is 24.3 Å². The summed E-state index contributed by atoms with van der Waals surface area (Å²) in [4.78, 5) is 0. The van der Waals surface area contributed by atoms with Gasteiger partial charge in [-0.3, -0.25) is 0 Å². The van der Waals surface area contributed by atoms with Crippen molar-refractivity contribution in [2.45, 2.75) is 6.92 Å². The van der Waals surface area contributed by atoms with Gasteiger partial charge in [0.05, 0.1) is 12.3 Å². The van der Waals surface area contributed by atoms with Crippen LogP contribution in [0.25, 0.3) is 0 Å². The second-order valence-corrected chi connectivity index (χ2v) is 4.78.